The maximum absolute atomic E-state index is 13.4. The van der Waals surface area contributed by atoms with Gasteiger partial charge >= 0.3 is 0 Å². The summed E-state index contributed by atoms with van der Waals surface area (Å²) >= 11 is 0. The highest BCUT2D eigenvalue weighted by Crippen LogP contribution is 2.28. The van der Waals surface area contributed by atoms with E-state index in [2.05, 4.69) is 0 Å². The van der Waals surface area contributed by atoms with Crippen molar-refractivity contribution in [2.75, 3.05) is 13.1 Å². The smallest absolute Gasteiger partial charge is 0.225 e. The van der Waals surface area contributed by atoms with E-state index in [0.717, 1.165) is 24.8 Å². The Balaban J connectivity index is 2.14. The normalized spacial score (nSPS) is 22.6. The standard InChI is InChI=1S/C17H25FN2O/c1-3-12(4-2)17(21)20-10-14(9-16(19)11-20)13-6-5-7-15(18)8-13/h5-8,12,14,16H,3-4,9-11,19H2,1-2H3. The van der Waals surface area contributed by atoms with Gasteiger partial charge in [-0.05, 0) is 37.0 Å². The summed E-state index contributed by atoms with van der Waals surface area (Å²) in [5.74, 6) is 0.160. The largest absolute Gasteiger partial charge is 0.340 e. The number of carbonyl (C=O) groups excluding carboxylic acids is 1. The van der Waals surface area contributed by atoms with Gasteiger partial charge in [-0.3, -0.25) is 4.79 Å². The van der Waals surface area contributed by atoms with E-state index in [4.69, 9.17) is 5.73 Å². The summed E-state index contributed by atoms with van der Waals surface area (Å²) in [7, 11) is 0. The highest BCUT2D eigenvalue weighted by atomic mass is 19.1. The van der Waals surface area contributed by atoms with Gasteiger partial charge in [-0.25, -0.2) is 4.39 Å². The molecule has 1 aromatic rings. The van der Waals surface area contributed by atoms with Gasteiger partial charge in [0.15, 0.2) is 0 Å². The van der Waals surface area contributed by atoms with Crippen molar-refractivity contribution >= 4 is 5.91 Å². The van der Waals surface area contributed by atoms with Gasteiger partial charge in [-0.2, -0.15) is 0 Å². The maximum atomic E-state index is 13.4. The SMILES string of the molecule is CCC(CC)C(=O)N1CC(N)CC(c2cccc(F)c2)C1. The molecule has 0 bridgehead atoms. The molecule has 116 valence electrons. The number of piperidine rings is 1. The Labute approximate surface area is 126 Å². The van der Waals surface area contributed by atoms with E-state index in [1.54, 1.807) is 12.1 Å². The zero-order valence-electron chi connectivity index (χ0n) is 12.9. The molecule has 1 aromatic carbocycles. The molecule has 21 heavy (non-hydrogen) atoms. The van der Waals surface area contributed by atoms with Gasteiger partial charge in [0.25, 0.3) is 0 Å². The number of rotatable bonds is 4. The van der Waals surface area contributed by atoms with E-state index < -0.39 is 0 Å². The zero-order valence-corrected chi connectivity index (χ0v) is 12.9. The van der Waals surface area contributed by atoms with E-state index in [1.807, 2.05) is 24.8 Å². The van der Waals surface area contributed by atoms with Gasteiger partial charge in [-0.1, -0.05) is 26.0 Å². The number of carbonyl (C=O) groups is 1. The summed E-state index contributed by atoms with van der Waals surface area (Å²) in [6.07, 6.45) is 2.51. The molecule has 2 N–H and O–H groups in total. The molecule has 1 fully saturated rings. The van der Waals surface area contributed by atoms with Crippen molar-refractivity contribution in [1.82, 2.24) is 4.90 Å². The predicted octanol–water partition coefficient (Wildman–Crippen LogP) is 2.91. The number of likely N-dealkylation sites (tertiary alicyclic amines) is 1. The fourth-order valence-corrected chi connectivity index (χ4v) is 3.22. The second-order valence-electron chi connectivity index (χ2n) is 6.00. The lowest BCUT2D eigenvalue weighted by atomic mass is 9.87. The third kappa shape index (κ3) is 3.82. The minimum atomic E-state index is -0.232. The Bertz CT molecular complexity index is 487. The summed E-state index contributed by atoms with van der Waals surface area (Å²) < 4.78 is 13.4. The molecule has 4 heteroatoms. The number of benzene rings is 1. The van der Waals surface area contributed by atoms with Crippen LogP contribution in [0.5, 0.6) is 0 Å². The molecular weight excluding hydrogens is 267 g/mol. The fourth-order valence-electron chi connectivity index (χ4n) is 3.22. The van der Waals surface area contributed by atoms with E-state index in [1.165, 1.54) is 6.07 Å². The summed E-state index contributed by atoms with van der Waals surface area (Å²) in [6, 6.07) is 6.61. The quantitative estimate of drug-likeness (QED) is 0.927. The molecule has 1 aliphatic rings. The van der Waals surface area contributed by atoms with Crippen LogP contribution in [0.15, 0.2) is 24.3 Å². The number of nitrogens with two attached hydrogens (primary N) is 1. The van der Waals surface area contributed by atoms with Crippen molar-refractivity contribution < 1.29 is 9.18 Å². The van der Waals surface area contributed by atoms with Crippen molar-refractivity contribution in [2.45, 2.75) is 45.1 Å². The Morgan fingerprint density at radius 3 is 2.71 bits per heavy atom. The molecule has 2 unspecified atom stereocenters. The summed E-state index contributed by atoms with van der Waals surface area (Å²) in [5, 5.41) is 0. The van der Waals surface area contributed by atoms with E-state index in [9.17, 15) is 9.18 Å². The predicted molar refractivity (Wildman–Crippen MR) is 82.4 cm³/mol. The summed E-state index contributed by atoms with van der Waals surface area (Å²) in [6.45, 7) is 5.34. The van der Waals surface area contributed by atoms with Gasteiger partial charge in [0.2, 0.25) is 5.91 Å². The first-order valence-corrected chi connectivity index (χ1v) is 7.84. The average Bonchev–Trinajstić information content (AvgIpc) is 2.47. The third-order valence-corrected chi connectivity index (χ3v) is 4.45. The number of nitrogens with zero attached hydrogens (tertiary/aromatic N) is 1. The molecule has 1 amide bonds. The number of hydrogen-bond acceptors (Lipinski definition) is 2. The number of halogens is 1. The molecule has 2 rings (SSSR count). The molecule has 0 aliphatic carbocycles. The molecule has 3 nitrogen and oxygen atoms in total. The van der Waals surface area contributed by atoms with Gasteiger partial charge in [0.1, 0.15) is 5.82 Å². The lowest BCUT2D eigenvalue weighted by Gasteiger charge is -2.38. The second kappa shape index (κ2) is 7.03. The number of amides is 1. The first-order chi connectivity index (χ1) is 10.0. The molecule has 0 radical (unpaired) electrons. The molecular formula is C17H25FN2O. The zero-order chi connectivity index (χ0) is 15.4. The molecule has 1 heterocycles. The number of hydrogen-bond donors (Lipinski definition) is 1. The molecule has 0 aromatic heterocycles. The summed E-state index contributed by atoms with van der Waals surface area (Å²) in [4.78, 5) is 14.4. The lowest BCUT2D eigenvalue weighted by molar-refractivity contribution is -0.137. The van der Waals surface area contributed by atoms with E-state index >= 15 is 0 Å². The van der Waals surface area contributed by atoms with Crippen LogP contribution in [0.1, 0.15) is 44.6 Å². The minimum Gasteiger partial charge on any atom is -0.340 e. The van der Waals surface area contributed by atoms with Crippen molar-refractivity contribution in [3.8, 4) is 0 Å². The van der Waals surface area contributed by atoms with Crippen LogP contribution < -0.4 is 5.73 Å². The monoisotopic (exact) mass is 292 g/mol. The van der Waals surface area contributed by atoms with Crippen molar-refractivity contribution in [3.05, 3.63) is 35.6 Å². The Morgan fingerprint density at radius 1 is 1.38 bits per heavy atom. The first-order valence-electron chi connectivity index (χ1n) is 7.84. The lowest BCUT2D eigenvalue weighted by Crippen LogP contribution is -2.50. The molecule has 2 atom stereocenters. The van der Waals surface area contributed by atoms with Crippen LogP contribution in [0.3, 0.4) is 0 Å². The van der Waals surface area contributed by atoms with Gasteiger partial charge in [0.05, 0.1) is 0 Å². The van der Waals surface area contributed by atoms with Crippen LogP contribution in [-0.2, 0) is 4.79 Å². The highest BCUT2D eigenvalue weighted by molar-refractivity contribution is 5.79. The Kier molecular flexibility index (Phi) is 5.34. The fraction of sp³-hybridized carbons (Fsp3) is 0.588. The second-order valence-corrected chi connectivity index (χ2v) is 6.00. The van der Waals surface area contributed by atoms with Gasteiger partial charge < -0.3 is 10.6 Å². The van der Waals surface area contributed by atoms with Crippen molar-refractivity contribution in [1.29, 1.82) is 0 Å². The highest BCUT2D eigenvalue weighted by Gasteiger charge is 2.31. The maximum Gasteiger partial charge on any atom is 0.225 e. The minimum absolute atomic E-state index is 0.0367. The van der Waals surface area contributed by atoms with Gasteiger partial charge in [-0.15, -0.1) is 0 Å². The average molecular weight is 292 g/mol. The van der Waals surface area contributed by atoms with Crippen molar-refractivity contribution in [3.63, 3.8) is 0 Å². The Hall–Kier alpha value is -1.42. The topological polar surface area (TPSA) is 46.3 Å². The van der Waals surface area contributed by atoms with Crippen LogP contribution in [0, 0.1) is 11.7 Å². The van der Waals surface area contributed by atoms with Crippen molar-refractivity contribution in [2.24, 2.45) is 11.7 Å². The van der Waals surface area contributed by atoms with Crippen LogP contribution in [-0.4, -0.2) is 29.9 Å². The molecule has 0 saturated carbocycles. The van der Waals surface area contributed by atoms with Crippen LogP contribution in [0.4, 0.5) is 4.39 Å². The third-order valence-electron chi connectivity index (χ3n) is 4.45. The molecule has 1 saturated heterocycles. The molecule has 0 spiro atoms. The Morgan fingerprint density at radius 2 is 2.10 bits per heavy atom. The summed E-state index contributed by atoms with van der Waals surface area (Å²) in [5.41, 5.74) is 7.06. The van der Waals surface area contributed by atoms with E-state index in [0.29, 0.717) is 13.1 Å². The van der Waals surface area contributed by atoms with E-state index in [-0.39, 0.29) is 29.6 Å². The van der Waals surface area contributed by atoms with Crippen LogP contribution in [0.2, 0.25) is 0 Å². The molecule has 1 aliphatic heterocycles. The van der Waals surface area contributed by atoms with Crippen LogP contribution >= 0.6 is 0 Å². The van der Waals surface area contributed by atoms with Gasteiger partial charge in [0, 0.05) is 31.0 Å². The first kappa shape index (κ1) is 16.0. The van der Waals surface area contributed by atoms with Crippen LogP contribution in [0.25, 0.3) is 0 Å².